The van der Waals surface area contributed by atoms with Crippen molar-refractivity contribution in [2.75, 3.05) is 25.5 Å². The summed E-state index contributed by atoms with van der Waals surface area (Å²) in [6, 6.07) is 3.22. The van der Waals surface area contributed by atoms with E-state index in [1.165, 1.54) is 6.07 Å². The van der Waals surface area contributed by atoms with Gasteiger partial charge in [0.25, 0.3) is 0 Å². The Hall–Kier alpha value is -1.16. The van der Waals surface area contributed by atoms with Gasteiger partial charge in [0.1, 0.15) is 0 Å². The number of piperidine rings is 1. The number of carbonyl (C=O) groups excluding carboxylic acids is 1. The number of nitrogens with zero attached hydrogens (tertiary/aromatic N) is 1. The van der Waals surface area contributed by atoms with Crippen LogP contribution in [0.2, 0.25) is 0 Å². The minimum atomic E-state index is -4.72. The molecule has 0 aromatic heterocycles. The van der Waals surface area contributed by atoms with E-state index in [1.807, 2.05) is 7.05 Å². The number of carboxylic acid groups (broad SMARTS) is 1. The van der Waals surface area contributed by atoms with Crippen molar-refractivity contribution < 1.29 is 41.9 Å². The van der Waals surface area contributed by atoms with E-state index >= 15 is 0 Å². The Morgan fingerprint density at radius 2 is 1.91 bits per heavy atom. The van der Waals surface area contributed by atoms with Crippen LogP contribution in [0.4, 0.5) is 18.9 Å². The molecule has 1 saturated heterocycles. The minimum absolute atomic E-state index is 0. The zero-order valence-electron chi connectivity index (χ0n) is 12.5. The van der Waals surface area contributed by atoms with Crippen molar-refractivity contribution in [1.29, 1.82) is 0 Å². The Morgan fingerprint density at radius 1 is 1.32 bits per heavy atom. The predicted octanol–water partition coefficient (Wildman–Crippen LogP) is -1.42. The summed E-state index contributed by atoms with van der Waals surface area (Å²) >= 11 is 0. The van der Waals surface area contributed by atoms with Crippen molar-refractivity contribution in [3.63, 3.8) is 0 Å². The van der Waals surface area contributed by atoms with Crippen LogP contribution in [0, 0.1) is 0 Å². The molecule has 22 heavy (non-hydrogen) atoms. The predicted molar refractivity (Wildman–Crippen MR) is 69.9 cm³/mol. The molecule has 0 amide bonds. The van der Waals surface area contributed by atoms with Gasteiger partial charge in [0.15, 0.2) is 0 Å². The SMILES string of the molecule is CN1CCC(Nc2ccc(C(=O)[O-])c(C(F)(F)F)c2)CC1.[Li+]. The molecule has 0 spiro atoms. The van der Waals surface area contributed by atoms with Gasteiger partial charge in [-0.05, 0) is 45.1 Å². The van der Waals surface area contributed by atoms with Crippen molar-refractivity contribution in [3.05, 3.63) is 29.3 Å². The summed E-state index contributed by atoms with van der Waals surface area (Å²) in [5, 5.41) is 13.8. The number of likely N-dealkylation sites (tertiary alicyclic amines) is 1. The second kappa shape index (κ2) is 7.40. The largest absolute Gasteiger partial charge is 1.00 e. The fourth-order valence-electron chi connectivity index (χ4n) is 2.44. The number of hydrogen-bond acceptors (Lipinski definition) is 4. The summed E-state index contributed by atoms with van der Waals surface area (Å²) in [6.07, 6.45) is -3.06. The Morgan fingerprint density at radius 3 is 2.41 bits per heavy atom. The average molecular weight is 308 g/mol. The van der Waals surface area contributed by atoms with Gasteiger partial charge in [0, 0.05) is 17.3 Å². The quantitative estimate of drug-likeness (QED) is 0.697. The third-order valence-corrected chi connectivity index (χ3v) is 3.63. The summed E-state index contributed by atoms with van der Waals surface area (Å²) in [5.74, 6) is -1.83. The van der Waals surface area contributed by atoms with Gasteiger partial charge in [-0.2, -0.15) is 13.2 Å². The third kappa shape index (κ3) is 4.67. The number of halogens is 3. The van der Waals surface area contributed by atoms with Crippen LogP contribution >= 0.6 is 0 Å². The number of nitrogens with one attached hydrogen (secondary N) is 1. The third-order valence-electron chi connectivity index (χ3n) is 3.63. The molecule has 0 unspecified atom stereocenters. The zero-order valence-corrected chi connectivity index (χ0v) is 12.5. The number of alkyl halides is 3. The maximum atomic E-state index is 12.9. The van der Waals surface area contributed by atoms with Gasteiger partial charge in [-0.25, -0.2) is 0 Å². The van der Waals surface area contributed by atoms with Gasteiger partial charge in [-0.1, -0.05) is 6.07 Å². The summed E-state index contributed by atoms with van der Waals surface area (Å²) in [5.41, 5.74) is -1.74. The number of carboxylic acids is 1. The number of benzene rings is 1. The first-order chi connectivity index (χ1) is 9.77. The monoisotopic (exact) mass is 308 g/mol. The van der Waals surface area contributed by atoms with Crippen LogP contribution in [-0.2, 0) is 6.18 Å². The number of carbonyl (C=O) groups is 1. The number of anilines is 1. The normalized spacial score (nSPS) is 16.9. The summed E-state index contributed by atoms with van der Waals surface area (Å²) in [4.78, 5) is 12.9. The minimum Gasteiger partial charge on any atom is -0.545 e. The average Bonchev–Trinajstić information content (AvgIpc) is 2.40. The van der Waals surface area contributed by atoms with Crippen LogP contribution in [0.5, 0.6) is 0 Å². The van der Waals surface area contributed by atoms with Crippen LogP contribution in [0.25, 0.3) is 0 Å². The first-order valence-electron chi connectivity index (χ1n) is 6.65. The molecule has 4 nitrogen and oxygen atoms in total. The first-order valence-corrected chi connectivity index (χ1v) is 6.65. The van der Waals surface area contributed by atoms with E-state index in [4.69, 9.17) is 0 Å². The van der Waals surface area contributed by atoms with Crippen molar-refractivity contribution in [3.8, 4) is 0 Å². The van der Waals surface area contributed by atoms with E-state index in [0.717, 1.165) is 38.1 Å². The Labute approximate surface area is 138 Å². The van der Waals surface area contributed by atoms with Gasteiger partial charge in [-0.3, -0.25) is 0 Å². The van der Waals surface area contributed by atoms with E-state index in [-0.39, 0.29) is 30.6 Å². The van der Waals surface area contributed by atoms with Crippen molar-refractivity contribution in [1.82, 2.24) is 4.90 Å². The Bertz CT molecular complexity index is 529. The molecule has 0 bridgehead atoms. The van der Waals surface area contributed by atoms with Gasteiger partial charge in [-0.15, -0.1) is 0 Å². The van der Waals surface area contributed by atoms with Crippen LogP contribution in [0.15, 0.2) is 18.2 Å². The fraction of sp³-hybridized carbons (Fsp3) is 0.500. The molecule has 1 N–H and O–H groups in total. The molecule has 0 aliphatic carbocycles. The molecule has 0 atom stereocenters. The van der Waals surface area contributed by atoms with Crippen LogP contribution < -0.4 is 29.3 Å². The molecule has 2 rings (SSSR count). The second-order valence-electron chi connectivity index (χ2n) is 5.27. The molecule has 1 heterocycles. The molecule has 8 heteroatoms. The molecule has 1 aliphatic heterocycles. The topological polar surface area (TPSA) is 55.4 Å². The zero-order chi connectivity index (χ0) is 15.6. The Kier molecular flexibility index (Phi) is 6.35. The van der Waals surface area contributed by atoms with Crippen LogP contribution in [0.3, 0.4) is 0 Å². The number of aromatic carboxylic acids is 1. The molecule has 116 valence electrons. The summed E-state index contributed by atoms with van der Waals surface area (Å²) < 4.78 is 38.7. The molecular weight excluding hydrogens is 292 g/mol. The van der Waals surface area contributed by atoms with Gasteiger partial charge < -0.3 is 20.1 Å². The van der Waals surface area contributed by atoms with E-state index in [2.05, 4.69) is 10.2 Å². The van der Waals surface area contributed by atoms with E-state index in [0.29, 0.717) is 0 Å². The number of rotatable bonds is 3. The molecule has 1 aliphatic rings. The molecule has 1 fully saturated rings. The van der Waals surface area contributed by atoms with Crippen molar-refractivity contribution in [2.45, 2.75) is 25.1 Å². The van der Waals surface area contributed by atoms with Crippen molar-refractivity contribution >= 4 is 11.7 Å². The Balaban J connectivity index is 0.00000242. The maximum Gasteiger partial charge on any atom is 1.00 e. The fourth-order valence-corrected chi connectivity index (χ4v) is 2.44. The van der Waals surface area contributed by atoms with Gasteiger partial charge in [0.05, 0.1) is 11.5 Å². The van der Waals surface area contributed by atoms with Gasteiger partial charge in [0.2, 0.25) is 0 Å². The van der Waals surface area contributed by atoms with Crippen LogP contribution in [0.1, 0.15) is 28.8 Å². The number of hydrogen-bond donors (Lipinski definition) is 1. The molecule has 0 saturated carbocycles. The first kappa shape index (κ1) is 18.9. The van der Waals surface area contributed by atoms with E-state index < -0.39 is 23.3 Å². The summed E-state index contributed by atoms with van der Waals surface area (Å²) in [7, 11) is 1.99. The second-order valence-corrected chi connectivity index (χ2v) is 5.27. The van der Waals surface area contributed by atoms with Crippen LogP contribution in [-0.4, -0.2) is 37.0 Å². The van der Waals surface area contributed by atoms with E-state index in [9.17, 15) is 23.1 Å². The molecule has 1 aromatic carbocycles. The summed E-state index contributed by atoms with van der Waals surface area (Å²) in [6.45, 7) is 1.75. The smallest absolute Gasteiger partial charge is 0.545 e. The van der Waals surface area contributed by atoms with Crippen molar-refractivity contribution in [2.24, 2.45) is 0 Å². The molecular formula is C14H16F3LiN2O2. The molecule has 1 aromatic rings. The molecule has 0 radical (unpaired) electrons. The van der Waals surface area contributed by atoms with E-state index in [1.54, 1.807) is 0 Å². The standard InChI is InChI=1S/C14H17F3N2O2.Li/c1-19-6-4-9(5-7-19)18-10-2-3-11(13(20)21)12(8-10)14(15,16)17;/h2-3,8-9,18H,4-7H2,1H3,(H,20,21);/q;+1/p-1. The van der Waals surface area contributed by atoms with Gasteiger partial charge >= 0.3 is 25.0 Å². The maximum absolute atomic E-state index is 12.9.